The van der Waals surface area contributed by atoms with Gasteiger partial charge in [-0.25, -0.2) is 0 Å². The van der Waals surface area contributed by atoms with Gasteiger partial charge in [0, 0.05) is 4.90 Å². The van der Waals surface area contributed by atoms with Gasteiger partial charge >= 0.3 is 0 Å². The topological polar surface area (TPSA) is 40.5 Å². The molecule has 0 fully saturated rings. The Bertz CT molecular complexity index is 359. The average molecular weight is 234 g/mol. The normalized spacial score (nSPS) is 11.7. The molecule has 5 heteroatoms. The summed E-state index contributed by atoms with van der Waals surface area (Å²) >= 11 is 5.53. The van der Waals surface area contributed by atoms with E-state index >= 15 is 0 Å². The monoisotopic (exact) mass is 234 g/mol. The van der Waals surface area contributed by atoms with Crippen LogP contribution in [0.2, 0.25) is 0 Å². The third-order valence-electron chi connectivity index (χ3n) is 1.77. The second kappa shape index (κ2) is 4.11. The molecule has 0 spiro atoms. The molecule has 0 saturated carbocycles. The minimum atomic E-state index is -3.18. The van der Waals surface area contributed by atoms with Crippen LogP contribution in [0.5, 0.6) is 0 Å². The second-order valence-electron chi connectivity index (χ2n) is 2.78. The fraction of sp³-hybridized carbons (Fsp3) is 0.250. The van der Waals surface area contributed by atoms with E-state index in [1.54, 1.807) is 0 Å². The zero-order chi connectivity index (χ0) is 10.1. The van der Waals surface area contributed by atoms with Gasteiger partial charge in [-0.2, -0.15) is 0 Å². The Morgan fingerprint density at radius 1 is 1.31 bits per heavy atom. The first-order valence-corrected chi connectivity index (χ1v) is 7.84. The fourth-order valence-corrected chi connectivity index (χ4v) is 3.73. The van der Waals surface area contributed by atoms with Crippen LogP contribution in [0.25, 0.3) is 0 Å². The first-order valence-electron chi connectivity index (χ1n) is 3.71. The third kappa shape index (κ3) is 3.41. The van der Waals surface area contributed by atoms with Crippen LogP contribution < -0.4 is 0 Å². The molecule has 0 atom stereocenters. The Labute approximate surface area is 86.9 Å². The average Bonchev–Trinajstić information content (AvgIpc) is 1.96. The van der Waals surface area contributed by atoms with E-state index in [1.165, 1.54) is 0 Å². The van der Waals surface area contributed by atoms with Crippen molar-refractivity contribution >= 4 is 28.9 Å². The van der Waals surface area contributed by atoms with E-state index in [0.29, 0.717) is 0 Å². The Balaban J connectivity index is 3.03. The van der Waals surface area contributed by atoms with Gasteiger partial charge in [0.2, 0.25) is 5.69 Å². The van der Waals surface area contributed by atoms with E-state index < -0.39 is 5.69 Å². The van der Waals surface area contributed by atoms with Crippen LogP contribution in [0.4, 0.5) is 0 Å². The van der Waals surface area contributed by atoms with E-state index in [9.17, 15) is 0 Å². The summed E-state index contributed by atoms with van der Waals surface area (Å²) in [5, 5.41) is 0. The molecule has 72 valence electrons. The van der Waals surface area contributed by atoms with Crippen LogP contribution in [0.1, 0.15) is 11.1 Å². The minimum Gasteiger partial charge on any atom is -0.337 e. The molecule has 0 saturated heterocycles. The molecule has 13 heavy (non-hydrogen) atoms. The number of hydrogen-bond acceptors (Lipinski definition) is 2. The van der Waals surface area contributed by atoms with E-state index in [2.05, 4.69) is 11.8 Å². The second-order valence-corrected chi connectivity index (χ2v) is 8.68. The summed E-state index contributed by atoms with van der Waals surface area (Å²) in [5.74, 6) is 0. The molecule has 0 heterocycles. The van der Waals surface area contributed by atoms with E-state index in [1.807, 2.05) is 32.0 Å². The summed E-state index contributed by atoms with van der Waals surface area (Å²) in [4.78, 5) is 19.1. The van der Waals surface area contributed by atoms with Gasteiger partial charge in [0.1, 0.15) is 0 Å². The standard InChI is InChI=1S/C8H11O2PS2/c1-6-4-3-5-8(7(6)2)13-11(9,10)12/h3-5H,1-2H3,(H2,9,10,12). The maximum Gasteiger partial charge on any atom is 0.246 e. The van der Waals surface area contributed by atoms with Crippen LogP contribution in [-0.4, -0.2) is 9.79 Å². The predicted molar refractivity (Wildman–Crippen MR) is 60.5 cm³/mol. The highest BCUT2D eigenvalue weighted by molar-refractivity contribution is 8.67. The molecule has 0 aromatic heterocycles. The predicted octanol–water partition coefficient (Wildman–Crippen LogP) is 2.60. The molecule has 1 aromatic rings. The summed E-state index contributed by atoms with van der Waals surface area (Å²) in [6, 6.07) is 5.72. The fourth-order valence-electron chi connectivity index (χ4n) is 0.951. The molecular weight excluding hydrogens is 223 g/mol. The highest BCUT2D eigenvalue weighted by Crippen LogP contribution is 2.55. The van der Waals surface area contributed by atoms with Crippen LogP contribution in [0, 0.1) is 13.8 Å². The van der Waals surface area contributed by atoms with Gasteiger partial charge in [-0.1, -0.05) is 12.1 Å². The highest BCUT2D eigenvalue weighted by atomic mass is 32.9. The van der Waals surface area contributed by atoms with Crippen LogP contribution in [-0.2, 0) is 11.8 Å². The van der Waals surface area contributed by atoms with Crippen LogP contribution in [0.15, 0.2) is 23.1 Å². The van der Waals surface area contributed by atoms with Crippen LogP contribution >= 0.6 is 17.1 Å². The number of benzene rings is 1. The van der Waals surface area contributed by atoms with Crippen molar-refractivity contribution in [3.8, 4) is 0 Å². The van der Waals surface area contributed by atoms with Gasteiger partial charge < -0.3 is 9.79 Å². The first kappa shape index (κ1) is 11.2. The van der Waals surface area contributed by atoms with Gasteiger partial charge in [0.25, 0.3) is 0 Å². The summed E-state index contributed by atoms with van der Waals surface area (Å²) in [5.41, 5.74) is -0.992. The van der Waals surface area contributed by atoms with Gasteiger partial charge in [-0.05, 0) is 54.2 Å². The Kier molecular flexibility index (Phi) is 3.55. The number of aryl methyl sites for hydroxylation is 1. The maximum atomic E-state index is 9.13. The zero-order valence-corrected chi connectivity index (χ0v) is 9.92. The molecule has 0 radical (unpaired) electrons. The van der Waals surface area contributed by atoms with Crippen molar-refractivity contribution in [2.45, 2.75) is 18.7 Å². The SMILES string of the molecule is Cc1cccc(SP(O)(O)=S)c1C. The molecule has 0 aliphatic carbocycles. The van der Waals surface area contributed by atoms with Crippen molar-refractivity contribution in [1.29, 1.82) is 0 Å². The summed E-state index contributed by atoms with van der Waals surface area (Å²) < 4.78 is 0. The molecule has 0 aliphatic heterocycles. The number of hydrogen-bond donors (Lipinski definition) is 2. The van der Waals surface area contributed by atoms with E-state index in [0.717, 1.165) is 27.4 Å². The lowest BCUT2D eigenvalue weighted by molar-refractivity contribution is 0.502. The maximum absolute atomic E-state index is 9.13. The Morgan fingerprint density at radius 2 is 1.92 bits per heavy atom. The largest absolute Gasteiger partial charge is 0.337 e. The summed E-state index contributed by atoms with van der Waals surface area (Å²) in [6.45, 7) is 3.93. The van der Waals surface area contributed by atoms with Crippen molar-refractivity contribution < 1.29 is 9.79 Å². The van der Waals surface area contributed by atoms with Crippen molar-refractivity contribution in [3.05, 3.63) is 29.3 Å². The molecule has 2 nitrogen and oxygen atoms in total. The van der Waals surface area contributed by atoms with Gasteiger partial charge in [0.15, 0.2) is 0 Å². The lowest BCUT2D eigenvalue weighted by atomic mass is 10.1. The lowest BCUT2D eigenvalue weighted by Crippen LogP contribution is -1.83. The summed E-state index contributed by atoms with van der Waals surface area (Å²) in [7, 11) is 0. The molecule has 0 bridgehead atoms. The van der Waals surface area contributed by atoms with E-state index in [4.69, 9.17) is 9.79 Å². The van der Waals surface area contributed by atoms with Gasteiger partial charge in [0.05, 0.1) is 0 Å². The first-order chi connectivity index (χ1) is 5.90. The smallest absolute Gasteiger partial charge is 0.246 e. The van der Waals surface area contributed by atoms with Crippen LogP contribution in [0.3, 0.4) is 0 Å². The van der Waals surface area contributed by atoms with Crippen molar-refractivity contribution in [1.82, 2.24) is 0 Å². The quantitative estimate of drug-likeness (QED) is 0.772. The van der Waals surface area contributed by atoms with Gasteiger partial charge in [-0.3, -0.25) is 0 Å². The third-order valence-corrected chi connectivity index (χ3v) is 4.62. The van der Waals surface area contributed by atoms with Crippen molar-refractivity contribution in [2.24, 2.45) is 0 Å². The van der Waals surface area contributed by atoms with Gasteiger partial charge in [-0.15, -0.1) is 0 Å². The highest BCUT2D eigenvalue weighted by Gasteiger charge is 2.12. The molecule has 2 N–H and O–H groups in total. The molecular formula is C8H11O2PS2. The molecule has 0 unspecified atom stereocenters. The lowest BCUT2D eigenvalue weighted by Gasteiger charge is -2.10. The number of rotatable bonds is 2. The minimum absolute atomic E-state index is 0.855. The van der Waals surface area contributed by atoms with E-state index in [-0.39, 0.29) is 0 Å². The van der Waals surface area contributed by atoms with Crippen molar-refractivity contribution in [3.63, 3.8) is 0 Å². The zero-order valence-electron chi connectivity index (χ0n) is 7.39. The summed E-state index contributed by atoms with van der Waals surface area (Å²) in [6.07, 6.45) is 0. The Hall–Kier alpha value is 0.140. The Morgan fingerprint density at radius 3 is 2.46 bits per heavy atom. The van der Waals surface area contributed by atoms with Crippen molar-refractivity contribution in [2.75, 3.05) is 0 Å². The molecule has 1 rings (SSSR count). The molecule has 0 amide bonds. The molecule has 0 aliphatic rings. The molecule has 1 aromatic carbocycles.